The molecule has 7 aromatic carbocycles. The summed E-state index contributed by atoms with van der Waals surface area (Å²) in [6.07, 6.45) is -39.1. The zero-order valence-electron chi connectivity index (χ0n) is 51.8. The number of oxazole rings is 1. The van der Waals surface area contributed by atoms with Crippen LogP contribution < -0.4 is 32.5 Å². The summed E-state index contributed by atoms with van der Waals surface area (Å²) in [5.74, 6) is 1.64. The van der Waals surface area contributed by atoms with E-state index in [1.165, 1.54) is 47.4 Å². The Morgan fingerprint density at radius 3 is 0.949 bits per heavy atom. The molecule has 99 heavy (non-hydrogen) atoms. The van der Waals surface area contributed by atoms with Crippen molar-refractivity contribution in [3.63, 3.8) is 0 Å². The van der Waals surface area contributed by atoms with E-state index in [2.05, 4.69) is 102 Å². The maximum absolute atomic E-state index is 14.2. The molecule has 0 unspecified atom stereocenters. The van der Waals surface area contributed by atoms with Crippen LogP contribution in [0.15, 0.2) is 156 Å². The molecule has 0 N–H and O–H groups in total. The number of halogens is 24. The zero-order valence-corrected chi connectivity index (χ0v) is 55.0. The number of benzene rings is 7. The predicted molar refractivity (Wildman–Crippen MR) is 322 cm³/mol. The topological polar surface area (TPSA) is 35.3 Å². The van der Waals surface area contributed by atoms with E-state index in [1.807, 2.05) is 30.3 Å². The second-order valence-corrected chi connectivity index (χ2v) is 25.8. The molecule has 1 heterocycles. The average molecular weight is 1620 g/mol. The van der Waals surface area contributed by atoms with Crippen LogP contribution in [-0.2, 0) is 80.5 Å². The summed E-state index contributed by atoms with van der Waals surface area (Å²) >= 11 is 0. The second kappa shape index (κ2) is 30.0. The van der Waals surface area contributed by atoms with Gasteiger partial charge in [-0.1, -0.05) is 129 Å². The molecule has 3 nitrogen and oxygen atoms in total. The molecule has 5 radical (unpaired) electrons. The number of nitrogens with zero attached hydrogens (tertiary/aromatic N) is 1. The summed E-state index contributed by atoms with van der Waals surface area (Å²) < 4.78 is 354. The first-order valence-electron chi connectivity index (χ1n) is 29.5. The van der Waals surface area contributed by atoms with Crippen molar-refractivity contribution in [3.05, 3.63) is 244 Å². The molecular formula is C69H54BF24IrNO2P-. The quantitative estimate of drug-likeness (QED) is 0.0821. The number of hydrogen-bond donors (Lipinski definition) is 0. The van der Waals surface area contributed by atoms with Gasteiger partial charge < -0.3 is 8.94 Å². The van der Waals surface area contributed by atoms with E-state index >= 15 is 0 Å². The number of alkyl halides is 24. The fourth-order valence-corrected chi connectivity index (χ4v) is 13.7. The third-order valence-corrected chi connectivity index (χ3v) is 18.4. The van der Waals surface area contributed by atoms with Crippen LogP contribution in [0.4, 0.5) is 105 Å². The third kappa shape index (κ3) is 19.4. The largest absolute Gasteiger partial charge is 0.441 e. The van der Waals surface area contributed by atoms with E-state index in [0.717, 1.165) is 29.9 Å². The maximum atomic E-state index is 14.2. The van der Waals surface area contributed by atoms with Gasteiger partial charge in [-0.25, -0.2) is 4.98 Å². The van der Waals surface area contributed by atoms with E-state index in [0.29, 0.717) is 5.89 Å². The van der Waals surface area contributed by atoms with Gasteiger partial charge in [-0.05, 0) is 125 Å². The molecule has 10 rings (SSSR count). The van der Waals surface area contributed by atoms with E-state index in [4.69, 9.17) is 13.9 Å². The minimum Gasteiger partial charge on any atom is -0.441 e. The molecule has 0 spiro atoms. The molecule has 533 valence electrons. The smallest absolute Gasteiger partial charge is 0.416 e. The van der Waals surface area contributed by atoms with Crippen LogP contribution in [0.1, 0.15) is 119 Å². The zero-order chi connectivity index (χ0) is 72.6. The molecule has 0 bridgehead atoms. The fraction of sp³-hybridized carbons (Fsp3) is 0.290. The van der Waals surface area contributed by atoms with Crippen LogP contribution in [0.5, 0.6) is 0 Å². The van der Waals surface area contributed by atoms with Crippen molar-refractivity contribution < 1.29 is 134 Å². The van der Waals surface area contributed by atoms with Crippen molar-refractivity contribution in [1.82, 2.24) is 4.98 Å². The minimum absolute atomic E-state index is 0. The van der Waals surface area contributed by atoms with Gasteiger partial charge >= 0.3 is 49.4 Å². The molecule has 2 aliphatic carbocycles. The summed E-state index contributed by atoms with van der Waals surface area (Å²) in [5, 5.41) is 2.53. The SMILES string of the molecule is Cc1ccccc1P(O[C@H]1CC(C)(C)Cc2oc(-c3ccccc3)nc21)c1ccccc1C.FC(F)(F)c1cc([B-](c2cc(C(F)(F)F)cc(C(F)(F)F)c2)(c2cc(C(F)(F)F)cc(C(F)(F)F)c2)c2cc(C(F)(F)F)cc(C(F)(F)F)c2)cc(C(F)(F)F)c1.[CH]1[CH]CC[CH][CH]CC1.[Ir]. The van der Waals surface area contributed by atoms with Crippen LogP contribution in [0, 0.1) is 44.9 Å². The standard InChI is InChI=1S/C32H12BF24.C29H30NO2P.C8H12.Ir/c34-25(35,36)13-1-14(26(37,38)39)6-21(5-13)33(22-7-15(27(40,41)42)2-16(8-22)28(43,44)45,23-9-17(29(46,47)48)3-18(10-23)30(49,50)51)24-11-19(31(52,53)54)4-20(12-24)32(55,56)57;1-20-12-8-10-16-25(20)33(26-17-11-9-13-21(26)2)32-24-19-29(3,4)18-23-27(24)30-28(31-23)22-14-6-5-7-15-22;1-2-4-6-8-7-5-3-1;/h1-12H;5-17,24H,18-19H2,1-4H3;1-2,7-8H,3-6H2;/q-1;;;/t;24-;;/m.0../s1. The van der Waals surface area contributed by atoms with E-state index < -0.39 is 203 Å². The number of aryl methyl sites for hydroxylation is 2. The van der Waals surface area contributed by atoms with Crippen LogP contribution in [0.25, 0.3) is 11.5 Å². The summed E-state index contributed by atoms with van der Waals surface area (Å²) in [6, 6.07) is 18.5. The van der Waals surface area contributed by atoms with Crippen LogP contribution in [0.2, 0.25) is 0 Å². The number of rotatable bonds is 9. The molecular weight excluding hydrogens is 1560 g/mol. The Bertz CT molecular complexity index is 3570. The molecule has 30 heteroatoms. The van der Waals surface area contributed by atoms with Crippen molar-refractivity contribution in [2.45, 2.75) is 122 Å². The third-order valence-electron chi connectivity index (χ3n) is 16.1. The van der Waals surface area contributed by atoms with Gasteiger partial charge in [-0.3, -0.25) is 0 Å². The van der Waals surface area contributed by atoms with Crippen molar-refractivity contribution in [2.75, 3.05) is 0 Å². The molecule has 1 saturated carbocycles. The van der Waals surface area contributed by atoms with Gasteiger partial charge in [-0.15, -0.1) is 0 Å². The average Bonchev–Trinajstić information content (AvgIpc) is 1.15. The van der Waals surface area contributed by atoms with Gasteiger partial charge in [0.05, 0.1) is 52.7 Å². The number of fused-ring (bicyclic) bond motifs is 1. The number of aromatic nitrogens is 1. The van der Waals surface area contributed by atoms with Crippen molar-refractivity contribution in [2.24, 2.45) is 5.41 Å². The monoisotopic (exact) mass is 1620 g/mol. The van der Waals surface area contributed by atoms with Crippen LogP contribution in [-0.4, -0.2) is 11.1 Å². The summed E-state index contributed by atoms with van der Waals surface area (Å²) in [5.41, 5.74) is -25.7. The summed E-state index contributed by atoms with van der Waals surface area (Å²) in [6.45, 7) is 8.93. The Labute approximate surface area is 566 Å². The maximum Gasteiger partial charge on any atom is 0.416 e. The van der Waals surface area contributed by atoms with Gasteiger partial charge in [0.2, 0.25) is 5.89 Å². The molecule has 0 amide bonds. The van der Waals surface area contributed by atoms with Crippen molar-refractivity contribution in [1.29, 1.82) is 0 Å². The summed E-state index contributed by atoms with van der Waals surface area (Å²) in [7, 11) is -1.01. The predicted octanol–water partition coefficient (Wildman–Crippen LogP) is 20.6. The van der Waals surface area contributed by atoms with Gasteiger partial charge in [0.25, 0.3) is 0 Å². The van der Waals surface area contributed by atoms with E-state index in [9.17, 15) is 105 Å². The first-order chi connectivity index (χ1) is 45.2. The van der Waals surface area contributed by atoms with Gasteiger partial charge in [0.1, 0.15) is 23.7 Å². The van der Waals surface area contributed by atoms with Gasteiger partial charge in [-0.2, -0.15) is 127 Å². The van der Waals surface area contributed by atoms with Crippen molar-refractivity contribution in [3.8, 4) is 11.5 Å². The Morgan fingerprint density at radius 2 is 0.677 bits per heavy atom. The van der Waals surface area contributed by atoms with Crippen LogP contribution >= 0.6 is 8.15 Å². The molecule has 1 aromatic heterocycles. The molecule has 2 aliphatic rings. The van der Waals surface area contributed by atoms with Gasteiger partial charge in [0, 0.05) is 42.7 Å². The Morgan fingerprint density at radius 1 is 0.404 bits per heavy atom. The second-order valence-electron chi connectivity index (χ2n) is 24.0. The van der Waals surface area contributed by atoms with E-state index in [1.54, 1.807) is 0 Å². The van der Waals surface area contributed by atoms with E-state index in [-0.39, 0.29) is 31.6 Å². The van der Waals surface area contributed by atoms with Crippen molar-refractivity contribution >= 4 is 46.8 Å². The van der Waals surface area contributed by atoms with Crippen LogP contribution in [0.3, 0.4) is 0 Å². The first kappa shape index (κ1) is 79.5. The first-order valence-corrected chi connectivity index (χ1v) is 30.7. The Balaban J connectivity index is 0.000000273. The van der Waals surface area contributed by atoms with Gasteiger partial charge in [0.15, 0.2) is 0 Å². The Hall–Kier alpha value is -6.83. The minimum atomic E-state index is -6.13. The summed E-state index contributed by atoms with van der Waals surface area (Å²) in [4.78, 5) is 4.97. The molecule has 0 saturated heterocycles. The molecule has 0 aliphatic heterocycles. The molecule has 1 atom stereocenters. The molecule has 1 fully saturated rings. The number of hydrogen-bond acceptors (Lipinski definition) is 3. The fourth-order valence-electron chi connectivity index (χ4n) is 11.5. The molecule has 8 aromatic rings. The normalized spacial score (nSPS) is 15.9. The Kier molecular flexibility index (Phi) is 24.1.